The fourth-order valence-electron chi connectivity index (χ4n) is 4.54. The standard InChI is InChI=1S/C24H27F3N4O2/c1-2-17-6-3-4-7-20(17)31-16-18(14-22(31)32)23(33)30-11-5-10-29(12-13-30)21-9-8-19(15-28-21)24(25,26)27/h3-4,6-9,15,18H,2,5,10-14,16H2,1H3. The van der Waals surface area contributed by atoms with Crippen molar-refractivity contribution in [1.82, 2.24) is 9.88 Å². The summed E-state index contributed by atoms with van der Waals surface area (Å²) in [5, 5.41) is 0. The highest BCUT2D eigenvalue weighted by Gasteiger charge is 2.38. The van der Waals surface area contributed by atoms with Gasteiger partial charge in [-0.25, -0.2) is 4.98 Å². The zero-order chi connectivity index (χ0) is 23.6. The molecule has 176 valence electrons. The number of halogens is 3. The molecule has 0 aliphatic carbocycles. The van der Waals surface area contributed by atoms with Gasteiger partial charge < -0.3 is 14.7 Å². The highest BCUT2D eigenvalue weighted by molar-refractivity contribution is 6.00. The largest absolute Gasteiger partial charge is 0.417 e. The van der Waals surface area contributed by atoms with Gasteiger partial charge in [0.05, 0.1) is 11.5 Å². The number of hydrogen-bond donors (Lipinski definition) is 0. The van der Waals surface area contributed by atoms with Crippen molar-refractivity contribution < 1.29 is 22.8 Å². The Morgan fingerprint density at radius 2 is 1.88 bits per heavy atom. The van der Waals surface area contributed by atoms with Crippen LogP contribution in [0.1, 0.15) is 30.9 Å². The normalized spacial score (nSPS) is 19.7. The van der Waals surface area contributed by atoms with E-state index in [2.05, 4.69) is 4.98 Å². The van der Waals surface area contributed by atoms with E-state index in [1.54, 1.807) is 9.80 Å². The molecule has 0 N–H and O–H groups in total. The predicted molar refractivity (Wildman–Crippen MR) is 119 cm³/mol. The maximum absolute atomic E-state index is 13.2. The molecule has 2 amide bonds. The second-order valence-electron chi connectivity index (χ2n) is 8.46. The summed E-state index contributed by atoms with van der Waals surface area (Å²) < 4.78 is 38.4. The van der Waals surface area contributed by atoms with Crippen molar-refractivity contribution in [3.8, 4) is 0 Å². The number of aromatic nitrogens is 1. The fourth-order valence-corrected chi connectivity index (χ4v) is 4.54. The van der Waals surface area contributed by atoms with Crippen LogP contribution in [0.5, 0.6) is 0 Å². The maximum Gasteiger partial charge on any atom is 0.417 e. The highest BCUT2D eigenvalue weighted by atomic mass is 19.4. The molecule has 2 aliphatic rings. The molecule has 0 spiro atoms. The summed E-state index contributed by atoms with van der Waals surface area (Å²) in [6, 6.07) is 10.2. The number of amides is 2. The molecule has 6 nitrogen and oxygen atoms in total. The number of nitrogens with zero attached hydrogens (tertiary/aromatic N) is 4. The number of hydrogen-bond acceptors (Lipinski definition) is 4. The van der Waals surface area contributed by atoms with Crippen LogP contribution >= 0.6 is 0 Å². The van der Waals surface area contributed by atoms with E-state index in [9.17, 15) is 22.8 Å². The molecule has 1 aromatic carbocycles. The first-order valence-corrected chi connectivity index (χ1v) is 11.2. The van der Waals surface area contributed by atoms with E-state index in [1.807, 2.05) is 36.1 Å². The van der Waals surface area contributed by atoms with Crippen molar-refractivity contribution in [3.05, 3.63) is 53.7 Å². The number of aryl methyl sites for hydroxylation is 1. The summed E-state index contributed by atoms with van der Waals surface area (Å²) >= 11 is 0. The molecule has 2 aromatic rings. The molecule has 2 fully saturated rings. The maximum atomic E-state index is 13.2. The summed E-state index contributed by atoms with van der Waals surface area (Å²) in [5.74, 6) is -0.00411. The van der Waals surface area contributed by atoms with Crippen LogP contribution in [-0.4, -0.2) is 54.4 Å². The first-order chi connectivity index (χ1) is 15.8. The van der Waals surface area contributed by atoms with Crippen LogP contribution in [0, 0.1) is 5.92 Å². The van der Waals surface area contributed by atoms with Crippen molar-refractivity contribution in [1.29, 1.82) is 0 Å². The number of alkyl halides is 3. The van der Waals surface area contributed by atoms with Crippen molar-refractivity contribution in [3.63, 3.8) is 0 Å². The lowest BCUT2D eigenvalue weighted by Crippen LogP contribution is -2.40. The highest BCUT2D eigenvalue weighted by Crippen LogP contribution is 2.31. The molecule has 0 radical (unpaired) electrons. The summed E-state index contributed by atoms with van der Waals surface area (Å²) in [6.07, 6.45) is -1.90. The van der Waals surface area contributed by atoms with Gasteiger partial charge in [0.25, 0.3) is 0 Å². The summed E-state index contributed by atoms with van der Waals surface area (Å²) in [7, 11) is 0. The number of anilines is 2. The second-order valence-corrected chi connectivity index (χ2v) is 8.46. The van der Waals surface area contributed by atoms with E-state index in [-0.39, 0.29) is 18.2 Å². The van der Waals surface area contributed by atoms with Gasteiger partial charge in [0.15, 0.2) is 0 Å². The third-order valence-electron chi connectivity index (χ3n) is 6.34. The number of carbonyl (C=O) groups excluding carboxylic acids is 2. The number of carbonyl (C=O) groups is 2. The molecule has 1 unspecified atom stereocenters. The summed E-state index contributed by atoms with van der Waals surface area (Å²) in [5.41, 5.74) is 1.17. The first kappa shape index (κ1) is 23.1. The molecule has 4 rings (SSSR count). The number of benzene rings is 1. The lowest BCUT2D eigenvalue weighted by Gasteiger charge is -2.25. The SMILES string of the molecule is CCc1ccccc1N1CC(C(=O)N2CCCN(c3ccc(C(F)(F)F)cn3)CC2)CC1=O. The molecule has 9 heteroatoms. The molecule has 33 heavy (non-hydrogen) atoms. The Balaban J connectivity index is 1.39. The Hall–Kier alpha value is -3.10. The van der Waals surface area contributed by atoms with Gasteiger partial charge in [-0.3, -0.25) is 9.59 Å². The van der Waals surface area contributed by atoms with Crippen molar-refractivity contribution in [2.75, 3.05) is 42.5 Å². The number of pyridine rings is 1. The average Bonchev–Trinajstić information content (AvgIpc) is 3.03. The molecule has 1 aromatic heterocycles. The summed E-state index contributed by atoms with van der Waals surface area (Å²) in [6.45, 7) is 4.48. The van der Waals surface area contributed by atoms with E-state index < -0.39 is 17.7 Å². The Kier molecular flexibility index (Phi) is 6.58. The topological polar surface area (TPSA) is 56.8 Å². The average molecular weight is 461 g/mol. The second kappa shape index (κ2) is 9.41. The third kappa shape index (κ3) is 4.96. The van der Waals surface area contributed by atoms with E-state index in [1.165, 1.54) is 6.07 Å². The lowest BCUT2D eigenvalue weighted by molar-refractivity contribution is -0.138. The minimum absolute atomic E-state index is 0.0398. The Morgan fingerprint density at radius 1 is 1.09 bits per heavy atom. The van der Waals surface area contributed by atoms with E-state index in [0.717, 1.165) is 29.9 Å². The molecular formula is C24H27F3N4O2. The van der Waals surface area contributed by atoms with Gasteiger partial charge in [-0.15, -0.1) is 0 Å². The van der Waals surface area contributed by atoms with Gasteiger partial charge in [-0.2, -0.15) is 13.2 Å². The van der Waals surface area contributed by atoms with Crippen LogP contribution in [0.25, 0.3) is 0 Å². The Labute approximate surface area is 191 Å². The molecule has 2 saturated heterocycles. The molecule has 1 atom stereocenters. The minimum Gasteiger partial charge on any atom is -0.355 e. The van der Waals surface area contributed by atoms with Gasteiger partial charge >= 0.3 is 6.18 Å². The van der Waals surface area contributed by atoms with E-state index in [0.29, 0.717) is 45.0 Å². The van der Waals surface area contributed by atoms with Crippen molar-refractivity contribution in [2.45, 2.75) is 32.4 Å². The zero-order valence-electron chi connectivity index (χ0n) is 18.5. The molecule has 2 aliphatic heterocycles. The quantitative estimate of drug-likeness (QED) is 0.698. The smallest absolute Gasteiger partial charge is 0.355 e. The first-order valence-electron chi connectivity index (χ1n) is 11.2. The van der Waals surface area contributed by atoms with Gasteiger partial charge in [0.1, 0.15) is 5.82 Å². The number of para-hydroxylation sites is 1. The molecular weight excluding hydrogens is 433 g/mol. The van der Waals surface area contributed by atoms with Gasteiger partial charge in [0.2, 0.25) is 11.8 Å². The zero-order valence-corrected chi connectivity index (χ0v) is 18.5. The summed E-state index contributed by atoms with van der Waals surface area (Å²) in [4.78, 5) is 35.3. The van der Waals surface area contributed by atoms with Gasteiger partial charge in [-0.05, 0) is 36.6 Å². The van der Waals surface area contributed by atoms with Crippen LogP contribution in [0.15, 0.2) is 42.6 Å². The van der Waals surface area contributed by atoms with E-state index in [4.69, 9.17) is 0 Å². The Morgan fingerprint density at radius 3 is 2.58 bits per heavy atom. The van der Waals surface area contributed by atoms with Crippen LogP contribution in [0.3, 0.4) is 0 Å². The van der Waals surface area contributed by atoms with E-state index >= 15 is 0 Å². The van der Waals surface area contributed by atoms with Crippen molar-refractivity contribution in [2.24, 2.45) is 5.92 Å². The third-order valence-corrected chi connectivity index (χ3v) is 6.34. The fraction of sp³-hybridized carbons (Fsp3) is 0.458. The molecule has 0 saturated carbocycles. The van der Waals surface area contributed by atoms with Crippen LogP contribution in [0.4, 0.5) is 24.7 Å². The molecule has 3 heterocycles. The van der Waals surface area contributed by atoms with Gasteiger partial charge in [0, 0.05) is 51.0 Å². The minimum atomic E-state index is -4.42. The van der Waals surface area contributed by atoms with Crippen molar-refractivity contribution >= 4 is 23.3 Å². The number of rotatable bonds is 4. The van der Waals surface area contributed by atoms with Crippen LogP contribution in [-0.2, 0) is 22.2 Å². The monoisotopic (exact) mass is 460 g/mol. The van der Waals surface area contributed by atoms with Gasteiger partial charge in [-0.1, -0.05) is 25.1 Å². The molecule has 0 bridgehead atoms. The van der Waals surface area contributed by atoms with Crippen LogP contribution in [0.2, 0.25) is 0 Å². The predicted octanol–water partition coefficient (Wildman–Crippen LogP) is 3.75. The van der Waals surface area contributed by atoms with Crippen LogP contribution < -0.4 is 9.80 Å². The lowest BCUT2D eigenvalue weighted by atomic mass is 10.1. The Bertz CT molecular complexity index is 1010.